The van der Waals surface area contributed by atoms with Gasteiger partial charge in [0, 0.05) is 15.3 Å². The SMILES string of the molecule is Cc1ccc(F)c(C(N)c2ccc(C(C)(C)C)s2)c1. The zero-order valence-electron chi connectivity index (χ0n) is 11.8. The van der Waals surface area contributed by atoms with E-state index in [0.717, 1.165) is 10.4 Å². The van der Waals surface area contributed by atoms with Crippen LogP contribution in [0.2, 0.25) is 0 Å². The Kier molecular flexibility index (Phi) is 3.79. The fourth-order valence-corrected chi connectivity index (χ4v) is 3.06. The van der Waals surface area contributed by atoms with Gasteiger partial charge in [-0.15, -0.1) is 11.3 Å². The molecule has 3 heteroatoms. The third-order valence-corrected chi connectivity index (χ3v) is 4.75. The van der Waals surface area contributed by atoms with E-state index in [4.69, 9.17) is 5.73 Å². The second-order valence-electron chi connectivity index (χ2n) is 5.95. The van der Waals surface area contributed by atoms with Crippen LogP contribution in [0.5, 0.6) is 0 Å². The summed E-state index contributed by atoms with van der Waals surface area (Å²) in [4.78, 5) is 2.28. The van der Waals surface area contributed by atoms with Crippen molar-refractivity contribution in [2.24, 2.45) is 5.73 Å². The number of halogens is 1. The molecule has 0 amide bonds. The summed E-state index contributed by atoms with van der Waals surface area (Å²) in [6.07, 6.45) is 0. The van der Waals surface area contributed by atoms with Crippen molar-refractivity contribution in [2.75, 3.05) is 0 Å². The molecule has 0 aliphatic carbocycles. The Hall–Kier alpha value is -1.19. The van der Waals surface area contributed by atoms with E-state index in [1.165, 1.54) is 10.9 Å². The molecule has 1 atom stereocenters. The van der Waals surface area contributed by atoms with Gasteiger partial charge in [0.25, 0.3) is 0 Å². The smallest absolute Gasteiger partial charge is 0.128 e. The molecule has 2 aromatic rings. The Morgan fingerprint density at radius 1 is 1.16 bits per heavy atom. The van der Waals surface area contributed by atoms with Crippen molar-refractivity contribution in [3.63, 3.8) is 0 Å². The van der Waals surface area contributed by atoms with Gasteiger partial charge in [-0.3, -0.25) is 0 Å². The number of thiophene rings is 1. The van der Waals surface area contributed by atoms with E-state index in [1.807, 2.05) is 19.1 Å². The van der Waals surface area contributed by atoms with Gasteiger partial charge in [0.2, 0.25) is 0 Å². The fourth-order valence-electron chi connectivity index (χ4n) is 1.98. The Morgan fingerprint density at radius 3 is 2.42 bits per heavy atom. The summed E-state index contributed by atoms with van der Waals surface area (Å²) in [7, 11) is 0. The van der Waals surface area contributed by atoms with Crippen LogP contribution in [0.1, 0.15) is 47.7 Å². The topological polar surface area (TPSA) is 26.0 Å². The normalized spacial score (nSPS) is 13.6. The van der Waals surface area contributed by atoms with Crippen LogP contribution in [0.3, 0.4) is 0 Å². The summed E-state index contributed by atoms with van der Waals surface area (Å²) < 4.78 is 13.9. The van der Waals surface area contributed by atoms with Crippen LogP contribution in [-0.2, 0) is 5.41 Å². The molecule has 0 saturated heterocycles. The van der Waals surface area contributed by atoms with Crippen molar-refractivity contribution in [3.05, 3.63) is 57.0 Å². The third kappa shape index (κ3) is 3.04. The molecule has 2 N–H and O–H groups in total. The van der Waals surface area contributed by atoms with Crippen molar-refractivity contribution >= 4 is 11.3 Å². The minimum Gasteiger partial charge on any atom is -0.320 e. The van der Waals surface area contributed by atoms with E-state index in [0.29, 0.717) is 5.56 Å². The summed E-state index contributed by atoms with van der Waals surface area (Å²) in [6.45, 7) is 8.45. The first kappa shape index (κ1) is 14.2. The molecule has 0 fully saturated rings. The number of rotatable bonds is 2. The highest BCUT2D eigenvalue weighted by molar-refractivity contribution is 7.12. The molecule has 2 rings (SSSR count). The molecule has 102 valence electrons. The van der Waals surface area contributed by atoms with Crippen LogP contribution in [-0.4, -0.2) is 0 Å². The van der Waals surface area contributed by atoms with Gasteiger partial charge in [-0.1, -0.05) is 38.5 Å². The molecule has 0 spiro atoms. The standard InChI is InChI=1S/C16H20FNS/c1-10-5-6-12(17)11(9-10)15(18)13-7-8-14(19-13)16(2,3)4/h5-9,15H,18H2,1-4H3. The molecule has 1 heterocycles. The summed E-state index contributed by atoms with van der Waals surface area (Å²) in [6, 6.07) is 8.80. The fraction of sp³-hybridized carbons (Fsp3) is 0.375. The molecule has 1 nitrogen and oxygen atoms in total. The summed E-state index contributed by atoms with van der Waals surface area (Å²) in [5.74, 6) is -0.233. The third-order valence-electron chi connectivity index (χ3n) is 3.16. The van der Waals surface area contributed by atoms with Gasteiger partial charge >= 0.3 is 0 Å². The highest BCUT2D eigenvalue weighted by Crippen LogP contribution is 2.34. The molecule has 0 bridgehead atoms. The van der Waals surface area contributed by atoms with Crippen LogP contribution in [0, 0.1) is 12.7 Å². The second kappa shape index (κ2) is 5.06. The predicted octanol–water partition coefficient (Wildman–Crippen LogP) is 4.54. The minimum absolute atomic E-state index is 0.105. The van der Waals surface area contributed by atoms with Gasteiger partial charge in [0.05, 0.1) is 6.04 Å². The Bertz CT molecular complexity index is 581. The van der Waals surface area contributed by atoms with E-state index >= 15 is 0 Å². The zero-order chi connectivity index (χ0) is 14.2. The quantitative estimate of drug-likeness (QED) is 0.856. The van der Waals surface area contributed by atoms with Crippen LogP contribution in [0.4, 0.5) is 4.39 Å². The van der Waals surface area contributed by atoms with E-state index < -0.39 is 0 Å². The van der Waals surface area contributed by atoms with Gasteiger partial charge < -0.3 is 5.73 Å². The molecule has 1 aromatic heterocycles. The lowest BCUT2D eigenvalue weighted by Gasteiger charge is -2.16. The molecule has 1 unspecified atom stereocenters. The van der Waals surface area contributed by atoms with Crippen molar-refractivity contribution in [3.8, 4) is 0 Å². The Balaban J connectivity index is 2.36. The molecule has 0 aliphatic rings. The van der Waals surface area contributed by atoms with Crippen LogP contribution >= 0.6 is 11.3 Å². The number of nitrogens with two attached hydrogens (primary N) is 1. The average Bonchev–Trinajstić information content (AvgIpc) is 2.80. The lowest BCUT2D eigenvalue weighted by atomic mass is 9.95. The van der Waals surface area contributed by atoms with Crippen molar-refractivity contribution < 1.29 is 4.39 Å². The highest BCUT2D eigenvalue weighted by atomic mass is 32.1. The summed E-state index contributed by atoms with van der Waals surface area (Å²) >= 11 is 1.67. The largest absolute Gasteiger partial charge is 0.320 e. The molecule has 0 saturated carbocycles. The first-order valence-corrected chi connectivity index (χ1v) is 7.22. The number of hydrogen-bond donors (Lipinski definition) is 1. The number of benzene rings is 1. The maximum atomic E-state index is 13.9. The van der Waals surface area contributed by atoms with Crippen molar-refractivity contribution in [2.45, 2.75) is 39.2 Å². The first-order valence-electron chi connectivity index (χ1n) is 6.41. The van der Waals surface area contributed by atoms with Crippen LogP contribution in [0.25, 0.3) is 0 Å². The van der Waals surface area contributed by atoms with Crippen LogP contribution in [0.15, 0.2) is 30.3 Å². The lowest BCUT2D eigenvalue weighted by Crippen LogP contribution is -2.12. The average molecular weight is 277 g/mol. The van der Waals surface area contributed by atoms with E-state index in [2.05, 4.69) is 26.8 Å². The van der Waals surface area contributed by atoms with E-state index in [-0.39, 0.29) is 17.3 Å². The van der Waals surface area contributed by atoms with Crippen molar-refractivity contribution in [1.82, 2.24) is 0 Å². The highest BCUT2D eigenvalue weighted by Gasteiger charge is 2.20. The minimum atomic E-state index is -0.388. The maximum Gasteiger partial charge on any atom is 0.128 e. The summed E-state index contributed by atoms with van der Waals surface area (Å²) in [5, 5.41) is 0. The van der Waals surface area contributed by atoms with Gasteiger partial charge in [-0.2, -0.15) is 0 Å². The Morgan fingerprint density at radius 2 is 1.84 bits per heavy atom. The maximum absolute atomic E-state index is 13.9. The zero-order valence-corrected chi connectivity index (χ0v) is 12.6. The van der Waals surface area contributed by atoms with Crippen molar-refractivity contribution in [1.29, 1.82) is 0 Å². The van der Waals surface area contributed by atoms with Gasteiger partial charge in [-0.25, -0.2) is 4.39 Å². The molecular weight excluding hydrogens is 257 g/mol. The monoisotopic (exact) mass is 277 g/mol. The lowest BCUT2D eigenvalue weighted by molar-refractivity contribution is 0.600. The number of hydrogen-bond acceptors (Lipinski definition) is 2. The predicted molar refractivity (Wildman–Crippen MR) is 80.2 cm³/mol. The summed E-state index contributed by atoms with van der Waals surface area (Å²) in [5.41, 5.74) is 7.92. The van der Waals surface area contributed by atoms with E-state index in [1.54, 1.807) is 17.4 Å². The van der Waals surface area contributed by atoms with Gasteiger partial charge in [0.15, 0.2) is 0 Å². The van der Waals surface area contributed by atoms with Gasteiger partial charge in [0.1, 0.15) is 5.82 Å². The second-order valence-corrected chi connectivity index (χ2v) is 7.07. The van der Waals surface area contributed by atoms with Gasteiger partial charge in [-0.05, 0) is 30.5 Å². The molecule has 19 heavy (non-hydrogen) atoms. The number of aryl methyl sites for hydroxylation is 1. The van der Waals surface area contributed by atoms with E-state index in [9.17, 15) is 4.39 Å². The first-order chi connectivity index (χ1) is 8.79. The molecule has 0 radical (unpaired) electrons. The Labute approximate surface area is 118 Å². The molecular formula is C16H20FNS. The molecule has 0 aliphatic heterocycles. The van der Waals surface area contributed by atoms with Crippen LogP contribution < -0.4 is 5.73 Å². The molecule has 1 aromatic carbocycles.